The number of nitrogens with zero attached hydrogens (tertiary/aromatic N) is 2. The van der Waals surface area contributed by atoms with E-state index in [-0.39, 0.29) is 23.8 Å². The average Bonchev–Trinajstić information content (AvgIpc) is 3.43. The maximum Gasteiger partial charge on any atom is 0.251 e. The van der Waals surface area contributed by atoms with Crippen LogP contribution in [-0.4, -0.2) is 67.0 Å². The van der Waals surface area contributed by atoms with Crippen LogP contribution in [-0.2, 0) is 4.79 Å². The zero-order chi connectivity index (χ0) is 25.3. The predicted molar refractivity (Wildman–Crippen MR) is 144 cm³/mol. The van der Waals surface area contributed by atoms with Gasteiger partial charge in [-0.05, 0) is 69.1 Å². The Kier molecular flexibility index (Phi) is 9.65. The second-order valence-corrected chi connectivity index (χ2v) is 10.2. The lowest BCUT2D eigenvalue weighted by atomic mass is 9.94. The molecule has 2 saturated heterocycles. The summed E-state index contributed by atoms with van der Waals surface area (Å²) in [5.74, 6) is 0.566. The average molecular weight is 512 g/mol. The number of piperidine rings is 1. The van der Waals surface area contributed by atoms with Crippen molar-refractivity contribution in [1.82, 2.24) is 15.1 Å². The SMILES string of the molecule is CCC(C(=O)N1CCC(Oc2ccc(C(=O)NCCCN3CCCC3)cc2Cl)CC1)c1ccccc1. The third-order valence-corrected chi connectivity index (χ3v) is 7.58. The molecule has 0 aliphatic carbocycles. The molecular weight excluding hydrogens is 474 g/mol. The third kappa shape index (κ3) is 7.01. The number of halogens is 1. The molecule has 36 heavy (non-hydrogen) atoms. The predicted octanol–water partition coefficient (Wildman–Crippen LogP) is 5.12. The monoisotopic (exact) mass is 511 g/mol. The van der Waals surface area contributed by atoms with E-state index in [1.165, 1.54) is 25.9 Å². The van der Waals surface area contributed by atoms with Gasteiger partial charge in [0.15, 0.2) is 0 Å². The van der Waals surface area contributed by atoms with Gasteiger partial charge in [0.2, 0.25) is 5.91 Å². The van der Waals surface area contributed by atoms with E-state index in [1.807, 2.05) is 35.2 Å². The van der Waals surface area contributed by atoms with Crippen LogP contribution in [0.2, 0.25) is 5.02 Å². The van der Waals surface area contributed by atoms with Gasteiger partial charge in [0.1, 0.15) is 11.9 Å². The zero-order valence-corrected chi connectivity index (χ0v) is 22.0. The maximum atomic E-state index is 13.1. The Morgan fingerprint density at radius 3 is 2.44 bits per heavy atom. The topological polar surface area (TPSA) is 61.9 Å². The molecule has 0 aromatic heterocycles. The third-order valence-electron chi connectivity index (χ3n) is 7.29. The van der Waals surface area contributed by atoms with Crippen LogP contribution in [0.3, 0.4) is 0 Å². The largest absolute Gasteiger partial charge is 0.489 e. The van der Waals surface area contributed by atoms with Gasteiger partial charge in [0.25, 0.3) is 5.91 Å². The van der Waals surface area contributed by atoms with Crippen LogP contribution in [0.5, 0.6) is 5.75 Å². The molecule has 2 amide bonds. The Morgan fingerprint density at radius 1 is 1.06 bits per heavy atom. The standard InChI is InChI=1S/C29H38ClN3O3/c1-2-25(22-9-4-3-5-10-22)29(35)33-19-13-24(14-20-33)36-27-12-11-23(21-26(27)30)28(34)31-15-8-18-32-16-6-7-17-32/h3-5,9-12,21,24-25H,2,6-8,13-20H2,1H3,(H,31,34). The van der Waals surface area contributed by atoms with Gasteiger partial charge < -0.3 is 19.9 Å². The molecule has 0 bridgehead atoms. The molecule has 2 aromatic rings. The number of amides is 2. The van der Waals surface area contributed by atoms with Gasteiger partial charge in [-0.3, -0.25) is 9.59 Å². The Labute approximate surface area is 219 Å². The first-order valence-corrected chi connectivity index (χ1v) is 13.7. The van der Waals surface area contributed by atoms with Crippen LogP contribution < -0.4 is 10.1 Å². The Bertz CT molecular complexity index is 1000. The van der Waals surface area contributed by atoms with Crippen molar-refractivity contribution in [2.24, 2.45) is 0 Å². The summed E-state index contributed by atoms with van der Waals surface area (Å²) in [6, 6.07) is 15.2. The fraction of sp³-hybridized carbons (Fsp3) is 0.517. The van der Waals surface area contributed by atoms with Crippen LogP contribution in [0.15, 0.2) is 48.5 Å². The number of nitrogens with one attached hydrogen (secondary N) is 1. The van der Waals surface area contributed by atoms with Crippen LogP contribution in [0.1, 0.15) is 67.3 Å². The van der Waals surface area contributed by atoms with E-state index in [0.29, 0.717) is 36.0 Å². The minimum absolute atomic E-state index is 0.00591. The first kappa shape index (κ1) is 26.5. The molecule has 2 heterocycles. The van der Waals surface area contributed by atoms with Gasteiger partial charge in [0.05, 0.1) is 10.9 Å². The van der Waals surface area contributed by atoms with Crippen LogP contribution in [0.25, 0.3) is 0 Å². The first-order valence-electron chi connectivity index (χ1n) is 13.4. The number of rotatable bonds is 10. The number of likely N-dealkylation sites (tertiary alicyclic amines) is 2. The molecule has 0 radical (unpaired) electrons. The summed E-state index contributed by atoms with van der Waals surface area (Å²) in [5.41, 5.74) is 1.62. The van der Waals surface area contributed by atoms with Gasteiger partial charge in [-0.2, -0.15) is 0 Å². The zero-order valence-electron chi connectivity index (χ0n) is 21.3. The molecule has 0 saturated carbocycles. The Hall–Kier alpha value is -2.57. The maximum absolute atomic E-state index is 13.1. The molecule has 2 fully saturated rings. The Morgan fingerprint density at radius 2 is 1.78 bits per heavy atom. The fourth-order valence-corrected chi connectivity index (χ4v) is 5.41. The molecule has 6 nitrogen and oxygen atoms in total. The van der Waals surface area contributed by atoms with Crippen LogP contribution in [0, 0.1) is 0 Å². The molecule has 2 aliphatic heterocycles. The summed E-state index contributed by atoms with van der Waals surface area (Å²) in [6.45, 7) is 7.44. The normalized spacial score (nSPS) is 17.7. The lowest BCUT2D eigenvalue weighted by molar-refractivity contribution is -0.134. The van der Waals surface area contributed by atoms with Gasteiger partial charge in [-0.1, -0.05) is 48.9 Å². The molecule has 0 spiro atoms. The molecule has 1 atom stereocenters. The van der Waals surface area contributed by atoms with E-state index in [0.717, 1.165) is 37.8 Å². The summed E-state index contributed by atoms with van der Waals surface area (Å²) >= 11 is 6.47. The minimum Gasteiger partial charge on any atom is -0.489 e. The number of benzene rings is 2. The smallest absolute Gasteiger partial charge is 0.251 e. The summed E-state index contributed by atoms with van der Waals surface area (Å²) in [5, 5.41) is 3.43. The van der Waals surface area contributed by atoms with Gasteiger partial charge >= 0.3 is 0 Å². The molecule has 1 N–H and O–H groups in total. The number of ether oxygens (including phenoxy) is 1. The van der Waals surface area contributed by atoms with E-state index in [1.54, 1.807) is 18.2 Å². The van der Waals surface area contributed by atoms with E-state index in [9.17, 15) is 9.59 Å². The number of hydrogen-bond donors (Lipinski definition) is 1. The van der Waals surface area contributed by atoms with E-state index >= 15 is 0 Å². The highest BCUT2D eigenvalue weighted by Crippen LogP contribution is 2.30. The number of carbonyl (C=O) groups excluding carboxylic acids is 2. The molecular formula is C29H38ClN3O3. The number of carbonyl (C=O) groups is 2. The molecule has 4 rings (SSSR count). The molecule has 7 heteroatoms. The van der Waals surface area contributed by atoms with Crippen LogP contribution >= 0.6 is 11.6 Å². The van der Waals surface area contributed by atoms with Crippen molar-refractivity contribution in [3.8, 4) is 5.75 Å². The lowest BCUT2D eigenvalue weighted by Gasteiger charge is -2.34. The summed E-state index contributed by atoms with van der Waals surface area (Å²) in [6.07, 6.45) is 5.81. The highest BCUT2D eigenvalue weighted by molar-refractivity contribution is 6.32. The second kappa shape index (κ2) is 13.1. The van der Waals surface area contributed by atoms with Crippen molar-refractivity contribution in [2.75, 3.05) is 39.3 Å². The fourth-order valence-electron chi connectivity index (χ4n) is 5.18. The summed E-state index contributed by atoms with van der Waals surface area (Å²) in [7, 11) is 0. The lowest BCUT2D eigenvalue weighted by Crippen LogP contribution is -2.43. The van der Waals surface area contributed by atoms with Crippen molar-refractivity contribution in [1.29, 1.82) is 0 Å². The van der Waals surface area contributed by atoms with E-state index in [2.05, 4.69) is 17.1 Å². The van der Waals surface area contributed by atoms with Gasteiger partial charge in [0, 0.05) is 38.0 Å². The molecule has 194 valence electrons. The van der Waals surface area contributed by atoms with E-state index in [4.69, 9.17) is 16.3 Å². The molecule has 2 aromatic carbocycles. The van der Waals surface area contributed by atoms with Crippen molar-refractivity contribution in [2.45, 2.75) is 57.5 Å². The second-order valence-electron chi connectivity index (χ2n) is 9.82. The Balaban J connectivity index is 1.23. The molecule has 1 unspecified atom stereocenters. The quantitative estimate of drug-likeness (QED) is 0.450. The van der Waals surface area contributed by atoms with Crippen molar-refractivity contribution < 1.29 is 14.3 Å². The van der Waals surface area contributed by atoms with Crippen molar-refractivity contribution in [3.05, 3.63) is 64.7 Å². The summed E-state index contributed by atoms with van der Waals surface area (Å²) < 4.78 is 6.17. The summed E-state index contributed by atoms with van der Waals surface area (Å²) in [4.78, 5) is 30.1. The highest BCUT2D eigenvalue weighted by Gasteiger charge is 2.29. The highest BCUT2D eigenvalue weighted by atomic mass is 35.5. The molecule has 2 aliphatic rings. The van der Waals surface area contributed by atoms with Gasteiger partial charge in [-0.15, -0.1) is 0 Å². The van der Waals surface area contributed by atoms with Gasteiger partial charge in [-0.25, -0.2) is 0 Å². The van der Waals surface area contributed by atoms with Crippen molar-refractivity contribution in [3.63, 3.8) is 0 Å². The number of hydrogen-bond acceptors (Lipinski definition) is 4. The first-order chi connectivity index (χ1) is 17.5. The minimum atomic E-state index is -0.111. The van der Waals surface area contributed by atoms with Crippen molar-refractivity contribution >= 4 is 23.4 Å². The van der Waals surface area contributed by atoms with Crippen LogP contribution in [0.4, 0.5) is 0 Å². The van der Waals surface area contributed by atoms with E-state index < -0.39 is 0 Å².